The zero-order chi connectivity index (χ0) is 19.0. The average Bonchev–Trinajstić information content (AvgIpc) is 3.01. The highest BCUT2D eigenvalue weighted by Crippen LogP contribution is 2.24. The lowest BCUT2D eigenvalue weighted by Gasteiger charge is -2.08. The van der Waals surface area contributed by atoms with E-state index in [-0.39, 0.29) is 5.69 Å². The maximum absolute atomic E-state index is 13.8. The average molecular weight is 364 g/mol. The summed E-state index contributed by atoms with van der Waals surface area (Å²) in [5.74, 6) is -1.38. The third-order valence-corrected chi connectivity index (χ3v) is 4.19. The molecular formula is C20H14F2N4O. The molecule has 2 aromatic carbocycles. The summed E-state index contributed by atoms with van der Waals surface area (Å²) in [6.45, 7) is 0. The van der Waals surface area contributed by atoms with Crippen molar-refractivity contribution in [1.82, 2.24) is 14.5 Å². The molecule has 2 heterocycles. The Labute approximate surface area is 153 Å². The zero-order valence-electron chi connectivity index (χ0n) is 14.3. The zero-order valence-corrected chi connectivity index (χ0v) is 14.3. The van der Waals surface area contributed by atoms with Crippen LogP contribution in [0, 0.1) is 11.6 Å². The van der Waals surface area contributed by atoms with Gasteiger partial charge in [0.1, 0.15) is 23.0 Å². The number of hydrogen-bond acceptors (Lipinski definition) is 3. The Bertz CT molecular complexity index is 1170. The number of aromatic nitrogens is 3. The topological polar surface area (TPSA) is 59.8 Å². The number of amides is 1. The van der Waals surface area contributed by atoms with Gasteiger partial charge in [-0.15, -0.1) is 0 Å². The molecule has 0 aliphatic rings. The SMILES string of the molecule is Cn1c(-c2cccc(C(=O)Nc3ccc(F)cc3F)c2)nc2cccnc21. The van der Waals surface area contributed by atoms with Crippen LogP contribution in [-0.4, -0.2) is 20.4 Å². The number of fused-ring (bicyclic) bond motifs is 1. The summed E-state index contributed by atoms with van der Waals surface area (Å²) in [7, 11) is 1.85. The third kappa shape index (κ3) is 3.15. The molecule has 0 atom stereocenters. The van der Waals surface area contributed by atoms with Gasteiger partial charge in [0.05, 0.1) is 5.69 Å². The van der Waals surface area contributed by atoms with Crippen molar-refractivity contribution in [2.45, 2.75) is 0 Å². The van der Waals surface area contributed by atoms with Gasteiger partial charge in [0.2, 0.25) is 0 Å². The fraction of sp³-hybridized carbons (Fsp3) is 0.0500. The Kier molecular flexibility index (Phi) is 4.12. The van der Waals surface area contributed by atoms with Crippen LogP contribution in [0.3, 0.4) is 0 Å². The highest BCUT2D eigenvalue weighted by Gasteiger charge is 2.14. The normalized spacial score (nSPS) is 10.9. The van der Waals surface area contributed by atoms with E-state index >= 15 is 0 Å². The molecule has 0 spiro atoms. The van der Waals surface area contributed by atoms with E-state index in [2.05, 4.69) is 15.3 Å². The van der Waals surface area contributed by atoms with Crippen LogP contribution < -0.4 is 5.32 Å². The molecule has 4 aromatic rings. The number of pyridine rings is 1. The quantitative estimate of drug-likeness (QED) is 0.594. The Morgan fingerprint density at radius 2 is 1.93 bits per heavy atom. The van der Waals surface area contributed by atoms with Crippen LogP contribution >= 0.6 is 0 Å². The predicted octanol–water partition coefficient (Wildman–Crippen LogP) is 4.17. The number of anilines is 1. The summed E-state index contributed by atoms with van der Waals surface area (Å²) in [5, 5.41) is 2.45. The Morgan fingerprint density at radius 1 is 1.07 bits per heavy atom. The minimum atomic E-state index is -0.832. The molecule has 0 bridgehead atoms. The van der Waals surface area contributed by atoms with Crippen LogP contribution in [0.4, 0.5) is 14.5 Å². The van der Waals surface area contributed by atoms with E-state index in [0.717, 1.165) is 28.9 Å². The summed E-state index contributed by atoms with van der Waals surface area (Å²) in [5.41, 5.74) is 2.45. The van der Waals surface area contributed by atoms with Gasteiger partial charge < -0.3 is 9.88 Å². The molecule has 4 rings (SSSR count). The highest BCUT2D eigenvalue weighted by molar-refractivity contribution is 6.05. The monoisotopic (exact) mass is 364 g/mol. The van der Waals surface area contributed by atoms with E-state index in [1.54, 1.807) is 30.5 Å². The maximum atomic E-state index is 13.8. The molecule has 5 nitrogen and oxygen atoms in total. The number of nitrogens with one attached hydrogen (secondary N) is 1. The molecule has 1 amide bonds. The highest BCUT2D eigenvalue weighted by atomic mass is 19.1. The van der Waals surface area contributed by atoms with E-state index in [0.29, 0.717) is 11.4 Å². The second-order valence-corrected chi connectivity index (χ2v) is 6.00. The van der Waals surface area contributed by atoms with Crippen molar-refractivity contribution in [3.05, 3.63) is 78.0 Å². The second-order valence-electron chi connectivity index (χ2n) is 6.00. The predicted molar refractivity (Wildman–Crippen MR) is 98.3 cm³/mol. The molecule has 27 heavy (non-hydrogen) atoms. The van der Waals surface area contributed by atoms with E-state index in [4.69, 9.17) is 0 Å². The number of rotatable bonds is 3. The summed E-state index contributed by atoms with van der Waals surface area (Å²) in [6.07, 6.45) is 1.69. The van der Waals surface area contributed by atoms with E-state index in [1.165, 1.54) is 6.07 Å². The first-order valence-electron chi connectivity index (χ1n) is 8.17. The number of benzene rings is 2. The molecule has 2 aromatic heterocycles. The Hall–Kier alpha value is -3.61. The smallest absolute Gasteiger partial charge is 0.255 e. The van der Waals surface area contributed by atoms with Crippen LogP contribution in [0.15, 0.2) is 60.8 Å². The number of nitrogens with zero attached hydrogens (tertiary/aromatic N) is 3. The Balaban J connectivity index is 1.67. The van der Waals surface area contributed by atoms with Crippen LogP contribution in [0.25, 0.3) is 22.6 Å². The molecule has 0 unspecified atom stereocenters. The minimum Gasteiger partial charge on any atom is -0.319 e. The van der Waals surface area contributed by atoms with Gasteiger partial charge in [-0.25, -0.2) is 18.7 Å². The fourth-order valence-electron chi connectivity index (χ4n) is 2.87. The molecular weight excluding hydrogens is 350 g/mol. The third-order valence-electron chi connectivity index (χ3n) is 4.19. The largest absolute Gasteiger partial charge is 0.319 e. The van der Waals surface area contributed by atoms with Crippen LogP contribution in [-0.2, 0) is 7.05 Å². The Morgan fingerprint density at radius 3 is 2.70 bits per heavy atom. The van der Waals surface area contributed by atoms with Crippen LogP contribution in [0.5, 0.6) is 0 Å². The lowest BCUT2D eigenvalue weighted by molar-refractivity contribution is 0.102. The molecule has 0 fully saturated rings. The first-order chi connectivity index (χ1) is 13.0. The standard InChI is InChI=1S/C20H14F2N4O/c1-26-18(24-17-6-3-9-23-19(17)26)12-4-2-5-13(10-12)20(27)25-16-8-7-14(21)11-15(16)22/h2-11H,1H3,(H,25,27). The van der Waals surface area contributed by atoms with Crippen molar-refractivity contribution in [2.24, 2.45) is 7.05 Å². The molecule has 0 radical (unpaired) electrons. The first kappa shape index (κ1) is 16.8. The van der Waals surface area contributed by atoms with Gasteiger partial charge in [0.15, 0.2) is 5.65 Å². The van der Waals surface area contributed by atoms with Crippen molar-refractivity contribution < 1.29 is 13.6 Å². The maximum Gasteiger partial charge on any atom is 0.255 e. The molecule has 0 aliphatic heterocycles. The van der Waals surface area contributed by atoms with E-state index in [9.17, 15) is 13.6 Å². The lowest BCUT2D eigenvalue weighted by Crippen LogP contribution is -2.13. The van der Waals surface area contributed by atoms with Crippen molar-refractivity contribution in [3.8, 4) is 11.4 Å². The number of aryl methyl sites for hydroxylation is 1. The van der Waals surface area contributed by atoms with Gasteiger partial charge in [-0.3, -0.25) is 4.79 Å². The van der Waals surface area contributed by atoms with Crippen molar-refractivity contribution in [3.63, 3.8) is 0 Å². The molecule has 0 saturated carbocycles. The van der Waals surface area contributed by atoms with Gasteiger partial charge >= 0.3 is 0 Å². The molecule has 7 heteroatoms. The minimum absolute atomic E-state index is 0.0845. The molecule has 0 aliphatic carbocycles. The van der Waals surface area contributed by atoms with Crippen molar-refractivity contribution in [2.75, 3.05) is 5.32 Å². The second kappa shape index (κ2) is 6.60. The number of hydrogen-bond donors (Lipinski definition) is 1. The van der Waals surface area contributed by atoms with Gasteiger partial charge in [-0.05, 0) is 36.4 Å². The molecule has 1 N–H and O–H groups in total. The van der Waals surface area contributed by atoms with Crippen molar-refractivity contribution >= 4 is 22.8 Å². The number of halogens is 2. The summed E-state index contributed by atoms with van der Waals surface area (Å²) >= 11 is 0. The van der Waals surface area contributed by atoms with E-state index in [1.807, 2.05) is 23.7 Å². The number of imidazole rings is 1. The first-order valence-corrected chi connectivity index (χ1v) is 8.17. The molecule has 134 valence electrons. The fourth-order valence-corrected chi connectivity index (χ4v) is 2.87. The number of carbonyl (C=O) groups is 1. The van der Waals surface area contributed by atoms with Gasteiger partial charge in [-0.1, -0.05) is 12.1 Å². The van der Waals surface area contributed by atoms with Crippen molar-refractivity contribution in [1.29, 1.82) is 0 Å². The van der Waals surface area contributed by atoms with E-state index < -0.39 is 17.5 Å². The molecule has 0 saturated heterocycles. The summed E-state index contributed by atoms with van der Waals surface area (Å²) in [6, 6.07) is 13.5. The van der Waals surface area contributed by atoms with Gasteiger partial charge in [0.25, 0.3) is 5.91 Å². The number of carbonyl (C=O) groups excluding carboxylic acids is 1. The van der Waals surface area contributed by atoms with Crippen LogP contribution in [0.1, 0.15) is 10.4 Å². The lowest BCUT2D eigenvalue weighted by atomic mass is 10.1. The summed E-state index contributed by atoms with van der Waals surface area (Å²) < 4.78 is 28.6. The van der Waals surface area contributed by atoms with Gasteiger partial charge in [0, 0.05) is 30.4 Å². The summed E-state index contributed by atoms with van der Waals surface area (Å²) in [4.78, 5) is 21.3. The van der Waals surface area contributed by atoms with Gasteiger partial charge in [-0.2, -0.15) is 0 Å². The van der Waals surface area contributed by atoms with Crippen LogP contribution in [0.2, 0.25) is 0 Å².